The topological polar surface area (TPSA) is 47.3 Å². The number of ether oxygens (including phenoxy) is 1. The molecular formula is C9H20N2O. The summed E-state index contributed by atoms with van der Waals surface area (Å²) in [5, 5.41) is 3.20. The summed E-state index contributed by atoms with van der Waals surface area (Å²) in [5.74, 6) is 1.41. The maximum Gasteiger partial charge on any atom is 0.0468 e. The summed E-state index contributed by atoms with van der Waals surface area (Å²) in [6.45, 7) is 3.68. The van der Waals surface area contributed by atoms with Crippen LogP contribution in [0.1, 0.15) is 12.8 Å². The van der Waals surface area contributed by atoms with E-state index in [1.54, 1.807) is 0 Å². The van der Waals surface area contributed by atoms with E-state index in [4.69, 9.17) is 10.5 Å². The standard InChI is InChI=1S/C9H20N2O/c1-11-7-9(6-10)8-2-4-12-5-3-8/h8-9,11H,2-7,10H2,1H3. The Hall–Kier alpha value is -0.120. The van der Waals surface area contributed by atoms with Gasteiger partial charge in [-0.3, -0.25) is 0 Å². The van der Waals surface area contributed by atoms with Crippen LogP contribution in [0, 0.1) is 11.8 Å². The van der Waals surface area contributed by atoms with Crippen molar-refractivity contribution < 1.29 is 4.74 Å². The Morgan fingerprint density at radius 1 is 1.50 bits per heavy atom. The van der Waals surface area contributed by atoms with E-state index in [9.17, 15) is 0 Å². The third-order valence-electron chi connectivity index (χ3n) is 2.70. The third kappa shape index (κ3) is 2.73. The molecule has 0 bridgehead atoms. The molecule has 0 amide bonds. The quantitative estimate of drug-likeness (QED) is 0.637. The first kappa shape index (κ1) is 9.96. The highest BCUT2D eigenvalue weighted by atomic mass is 16.5. The summed E-state index contributed by atoms with van der Waals surface area (Å²) in [6, 6.07) is 0. The van der Waals surface area contributed by atoms with Crippen LogP contribution < -0.4 is 11.1 Å². The Kier molecular flexibility index (Phi) is 4.58. The molecule has 1 heterocycles. The van der Waals surface area contributed by atoms with Crippen LogP contribution in [0.15, 0.2) is 0 Å². The molecule has 0 aromatic carbocycles. The fourth-order valence-electron chi connectivity index (χ4n) is 1.89. The van der Waals surface area contributed by atoms with Gasteiger partial charge in [-0.05, 0) is 44.8 Å². The molecule has 12 heavy (non-hydrogen) atoms. The van der Waals surface area contributed by atoms with E-state index in [2.05, 4.69) is 5.32 Å². The molecule has 3 N–H and O–H groups in total. The van der Waals surface area contributed by atoms with Gasteiger partial charge in [0, 0.05) is 13.2 Å². The zero-order valence-electron chi connectivity index (χ0n) is 7.88. The molecule has 0 spiro atoms. The molecule has 1 aliphatic rings. The lowest BCUT2D eigenvalue weighted by molar-refractivity contribution is 0.0482. The second kappa shape index (κ2) is 5.51. The van der Waals surface area contributed by atoms with Gasteiger partial charge >= 0.3 is 0 Å². The fourth-order valence-corrected chi connectivity index (χ4v) is 1.89. The average Bonchev–Trinajstić information content (AvgIpc) is 2.15. The molecule has 0 saturated carbocycles. The Morgan fingerprint density at radius 2 is 2.17 bits per heavy atom. The molecule has 1 rings (SSSR count). The van der Waals surface area contributed by atoms with E-state index < -0.39 is 0 Å². The van der Waals surface area contributed by atoms with Gasteiger partial charge in [0.25, 0.3) is 0 Å². The van der Waals surface area contributed by atoms with E-state index >= 15 is 0 Å². The molecule has 3 heteroatoms. The van der Waals surface area contributed by atoms with Gasteiger partial charge < -0.3 is 15.8 Å². The number of rotatable bonds is 4. The molecule has 1 fully saturated rings. The van der Waals surface area contributed by atoms with Crippen molar-refractivity contribution in [3.05, 3.63) is 0 Å². The second-order valence-corrected chi connectivity index (χ2v) is 3.50. The van der Waals surface area contributed by atoms with Crippen LogP contribution in [0.2, 0.25) is 0 Å². The number of hydrogen-bond acceptors (Lipinski definition) is 3. The van der Waals surface area contributed by atoms with Crippen molar-refractivity contribution >= 4 is 0 Å². The van der Waals surface area contributed by atoms with E-state index in [0.29, 0.717) is 5.92 Å². The summed E-state index contributed by atoms with van der Waals surface area (Å²) >= 11 is 0. The van der Waals surface area contributed by atoms with Crippen LogP contribution in [0.25, 0.3) is 0 Å². The first-order valence-corrected chi connectivity index (χ1v) is 4.81. The first-order valence-electron chi connectivity index (χ1n) is 4.81. The Morgan fingerprint density at radius 3 is 2.67 bits per heavy atom. The minimum Gasteiger partial charge on any atom is -0.381 e. The predicted octanol–water partition coefficient (Wildman–Crippen LogP) is 0.207. The van der Waals surface area contributed by atoms with Gasteiger partial charge in [-0.2, -0.15) is 0 Å². The molecule has 1 saturated heterocycles. The minimum atomic E-state index is 0.638. The largest absolute Gasteiger partial charge is 0.381 e. The van der Waals surface area contributed by atoms with Gasteiger partial charge in [-0.25, -0.2) is 0 Å². The molecule has 1 atom stereocenters. The van der Waals surface area contributed by atoms with Gasteiger partial charge in [-0.1, -0.05) is 0 Å². The third-order valence-corrected chi connectivity index (χ3v) is 2.70. The molecular weight excluding hydrogens is 152 g/mol. The molecule has 72 valence electrons. The van der Waals surface area contributed by atoms with Crippen molar-refractivity contribution in [1.82, 2.24) is 5.32 Å². The molecule has 0 radical (unpaired) electrons. The highest BCUT2D eigenvalue weighted by Gasteiger charge is 2.21. The van der Waals surface area contributed by atoms with Crippen LogP contribution in [-0.2, 0) is 4.74 Å². The van der Waals surface area contributed by atoms with Crippen molar-refractivity contribution in [3.8, 4) is 0 Å². The molecule has 1 unspecified atom stereocenters. The maximum absolute atomic E-state index is 5.71. The van der Waals surface area contributed by atoms with Gasteiger partial charge in [-0.15, -0.1) is 0 Å². The van der Waals surface area contributed by atoms with E-state index in [1.165, 1.54) is 12.8 Å². The van der Waals surface area contributed by atoms with Crippen LogP contribution in [0.5, 0.6) is 0 Å². The van der Waals surface area contributed by atoms with Gasteiger partial charge in [0.2, 0.25) is 0 Å². The highest BCUT2D eigenvalue weighted by molar-refractivity contribution is 4.74. The Bertz CT molecular complexity index is 110. The Balaban J connectivity index is 2.29. The van der Waals surface area contributed by atoms with E-state index in [1.807, 2.05) is 7.05 Å². The maximum atomic E-state index is 5.71. The van der Waals surface area contributed by atoms with Crippen molar-refractivity contribution in [2.24, 2.45) is 17.6 Å². The first-order chi connectivity index (χ1) is 5.88. The zero-order valence-corrected chi connectivity index (χ0v) is 7.88. The summed E-state index contributed by atoms with van der Waals surface area (Å²) in [7, 11) is 1.99. The SMILES string of the molecule is CNCC(CN)C1CCOCC1. The normalized spacial score (nSPS) is 22.5. The van der Waals surface area contributed by atoms with Crippen LogP contribution in [0.3, 0.4) is 0 Å². The fraction of sp³-hybridized carbons (Fsp3) is 1.00. The number of nitrogens with two attached hydrogens (primary N) is 1. The zero-order chi connectivity index (χ0) is 8.81. The lowest BCUT2D eigenvalue weighted by Crippen LogP contribution is -2.35. The summed E-state index contributed by atoms with van der Waals surface area (Å²) in [4.78, 5) is 0. The number of nitrogens with one attached hydrogen (secondary N) is 1. The van der Waals surface area contributed by atoms with Crippen molar-refractivity contribution in [3.63, 3.8) is 0 Å². The van der Waals surface area contributed by atoms with Crippen molar-refractivity contribution in [2.45, 2.75) is 12.8 Å². The Labute approximate surface area is 74.7 Å². The highest BCUT2D eigenvalue weighted by Crippen LogP contribution is 2.22. The molecule has 0 aromatic rings. The van der Waals surface area contributed by atoms with Crippen LogP contribution in [-0.4, -0.2) is 33.4 Å². The molecule has 0 aromatic heterocycles. The van der Waals surface area contributed by atoms with Gasteiger partial charge in [0.15, 0.2) is 0 Å². The van der Waals surface area contributed by atoms with E-state index in [-0.39, 0.29) is 0 Å². The molecule has 0 aliphatic carbocycles. The lowest BCUT2D eigenvalue weighted by Gasteiger charge is -2.29. The molecule has 1 aliphatic heterocycles. The van der Waals surface area contributed by atoms with Crippen molar-refractivity contribution in [1.29, 1.82) is 0 Å². The smallest absolute Gasteiger partial charge is 0.0468 e. The van der Waals surface area contributed by atoms with Gasteiger partial charge in [0.1, 0.15) is 0 Å². The summed E-state index contributed by atoms with van der Waals surface area (Å²) in [6.07, 6.45) is 2.37. The molecule has 3 nitrogen and oxygen atoms in total. The second-order valence-electron chi connectivity index (χ2n) is 3.50. The average molecular weight is 172 g/mol. The lowest BCUT2D eigenvalue weighted by atomic mass is 9.86. The predicted molar refractivity (Wildman–Crippen MR) is 50.0 cm³/mol. The van der Waals surface area contributed by atoms with Crippen LogP contribution in [0.4, 0.5) is 0 Å². The monoisotopic (exact) mass is 172 g/mol. The minimum absolute atomic E-state index is 0.638. The summed E-state index contributed by atoms with van der Waals surface area (Å²) in [5.41, 5.74) is 5.71. The van der Waals surface area contributed by atoms with Gasteiger partial charge in [0.05, 0.1) is 0 Å². The van der Waals surface area contributed by atoms with Crippen molar-refractivity contribution in [2.75, 3.05) is 33.4 Å². The van der Waals surface area contributed by atoms with E-state index in [0.717, 1.165) is 32.2 Å². The summed E-state index contributed by atoms with van der Waals surface area (Å²) < 4.78 is 5.31. The number of hydrogen-bond donors (Lipinski definition) is 2. The van der Waals surface area contributed by atoms with Crippen LogP contribution >= 0.6 is 0 Å².